The molecule has 0 saturated heterocycles. The monoisotopic (exact) mass is 255 g/mol. The van der Waals surface area contributed by atoms with Gasteiger partial charge < -0.3 is 10.8 Å². The molecule has 0 bridgehead atoms. The Kier molecular flexibility index (Phi) is 3.97. The summed E-state index contributed by atoms with van der Waals surface area (Å²) in [5.74, 6) is -1.66. The topological polar surface area (TPSA) is 46.2 Å². The Morgan fingerprint density at radius 1 is 1.33 bits per heavy atom. The van der Waals surface area contributed by atoms with Crippen LogP contribution in [0.3, 0.4) is 0 Å². The Hall–Kier alpha value is -1.00. The second-order valence-electron chi connectivity index (χ2n) is 5.22. The molecule has 2 nitrogen and oxygen atoms in total. The number of hydrogen-bond acceptors (Lipinski definition) is 2. The summed E-state index contributed by atoms with van der Waals surface area (Å²) in [7, 11) is 0. The van der Waals surface area contributed by atoms with Crippen molar-refractivity contribution in [2.75, 3.05) is 6.54 Å². The minimum atomic E-state index is -0.843. The van der Waals surface area contributed by atoms with Gasteiger partial charge in [0.15, 0.2) is 11.6 Å². The third kappa shape index (κ3) is 2.40. The Balaban J connectivity index is 2.27. The van der Waals surface area contributed by atoms with Crippen LogP contribution in [0.5, 0.6) is 0 Å². The highest BCUT2D eigenvalue weighted by Crippen LogP contribution is 2.39. The van der Waals surface area contributed by atoms with Gasteiger partial charge in [0, 0.05) is 12.0 Å². The summed E-state index contributed by atoms with van der Waals surface area (Å²) in [6.45, 7) is 0.296. The second kappa shape index (κ2) is 5.33. The third-order valence-corrected chi connectivity index (χ3v) is 4.09. The van der Waals surface area contributed by atoms with Gasteiger partial charge in [-0.15, -0.1) is 0 Å². The maximum absolute atomic E-state index is 13.7. The van der Waals surface area contributed by atoms with E-state index in [1.165, 1.54) is 6.07 Å². The van der Waals surface area contributed by atoms with E-state index in [2.05, 4.69) is 0 Å². The fourth-order valence-corrected chi connectivity index (χ4v) is 2.87. The number of rotatable bonds is 3. The third-order valence-electron chi connectivity index (χ3n) is 4.09. The van der Waals surface area contributed by atoms with E-state index in [9.17, 15) is 13.9 Å². The molecule has 1 saturated carbocycles. The van der Waals surface area contributed by atoms with Crippen molar-refractivity contribution < 1.29 is 13.9 Å². The van der Waals surface area contributed by atoms with Crippen molar-refractivity contribution in [3.8, 4) is 0 Å². The van der Waals surface area contributed by atoms with Crippen molar-refractivity contribution in [1.29, 1.82) is 0 Å². The molecule has 1 aromatic rings. The first-order valence-electron chi connectivity index (χ1n) is 6.40. The van der Waals surface area contributed by atoms with Gasteiger partial charge in [0.1, 0.15) is 0 Å². The molecule has 0 radical (unpaired) electrons. The molecule has 1 aliphatic rings. The summed E-state index contributed by atoms with van der Waals surface area (Å²) in [6.07, 6.45) is 3.17. The van der Waals surface area contributed by atoms with Crippen LogP contribution in [0.2, 0.25) is 0 Å². The first kappa shape index (κ1) is 13.4. The van der Waals surface area contributed by atoms with Gasteiger partial charge in [-0.25, -0.2) is 8.78 Å². The molecule has 0 aromatic heterocycles. The van der Waals surface area contributed by atoms with Gasteiger partial charge in [-0.1, -0.05) is 25.0 Å². The highest BCUT2D eigenvalue weighted by atomic mass is 19.2. The van der Waals surface area contributed by atoms with Crippen LogP contribution >= 0.6 is 0 Å². The molecule has 2 unspecified atom stereocenters. The lowest BCUT2D eigenvalue weighted by Crippen LogP contribution is -2.46. The van der Waals surface area contributed by atoms with Crippen molar-refractivity contribution in [3.63, 3.8) is 0 Å². The lowest BCUT2D eigenvalue weighted by molar-refractivity contribution is -0.00639. The minimum absolute atomic E-state index is 0.296. The van der Waals surface area contributed by atoms with Gasteiger partial charge in [-0.2, -0.15) is 0 Å². The molecule has 0 amide bonds. The van der Waals surface area contributed by atoms with Gasteiger partial charge >= 0.3 is 0 Å². The molecule has 1 aromatic carbocycles. The fraction of sp³-hybridized carbons (Fsp3) is 0.571. The molecule has 2 atom stereocenters. The van der Waals surface area contributed by atoms with Crippen LogP contribution in [0.25, 0.3) is 0 Å². The standard InChI is InChI=1S/C14H19F2NO/c15-11-5-3-4-10(13(11)16)8-14(9-17)7-2-1-6-12(14)18/h3-5,12,18H,1-2,6-9,17H2. The van der Waals surface area contributed by atoms with E-state index in [1.807, 2.05) is 0 Å². The largest absolute Gasteiger partial charge is 0.392 e. The molecule has 1 aliphatic carbocycles. The second-order valence-corrected chi connectivity index (χ2v) is 5.22. The first-order valence-corrected chi connectivity index (χ1v) is 6.40. The van der Waals surface area contributed by atoms with E-state index in [1.54, 1.807) is 6.07 Å². The highest BCUT2D eigenvalue weighted by molar-refractivity contribution is 5.21. The van der Waals surface area contributed by atoms with E-state index < -0.39 is 23.2 Å². The van der Waals surface area contributed by atoms with Crippen LogP contribution in [0.15, 0.2) is 18.2 Å². The Labute approximate surface area is 106 Å². The number of hydrogen-bond donors (Lipinski definition) is 2. The zero-order chi connectivity index (χ0) is 13.2. The molecular weight excluding hydrogens is 236 g/mol. The maximum atomic E-state index is 13.7. The number of nitrogens with two attached hydrogens (primary N) is 1. The van der Waals surface area contributed by atoms with E-state index in [0.29, 0.717) is 24.9 Å². The molecule has 0 aliphatic heterocycles. The van der Waals surface area contributed by atoms with Crippen molar-refractivity contribution in [1.82, 2.24) is 0 Å². The van der Waals surface area contributed by atoms with E-state index in [0.717, 1.165) is 25.3 Å². The summed E-state index contributed by atoms with van der Waals surface area (Å²) < 4.78 is 26.9. The zero-order valence-corrected chi connectivity index (χ0v) is 10.3. The summed E-state index contributed by atoms with van der Waals surface area (Å²) in [5.41, 5.74) is 5.59. The van der Waals surface area contributed by atoms with Crippen LogP contribution in [0.1, 0.15) is 31.2 Å². The predicted molar refractivity (Wildman–Crippen MR) is 66.0 cm³/mol. The Morgan fingerprint density at radius 3 is 2.78 bits per heavy atom. The first-order chi connectivity index (χ1) is 8.59. The zero-order valence-electron chi connectivity index (χ0n) is 10.3. The van der Waals surface area contributed by atoms with Crippen molar-refractivity contribution in [3.05, 3.63) is 35.4 Å². The predicted octanol–water partition coefficient (Wildman–Crippen LogP) is 2.39. The van der Waals surface area contributed by atoms with Crippen molar-refractivity contribution in [2.24, 2.45) is 11.1 Å². The van der Waals surface area contributed by atoms with Crippen LogP contribution in [0, 0.1) is 17.0 Å². The van der Waals surface area contributed by atoms with Gasteiger partial charge in [0.05, 0.1) is 6.10 Å². The van der Waals surface area contributed by atoms with E-state index >= 15 is 0 Å². The Bertz CT molecular complexity index is 424. The van der Waals surface area contributed by atoms with E-state index in [-0.39, 0.29) is 0 Å². The summed E-state index contributed by atoms with van der Waals surface area (Å²) in [4.78, 5) is 0. The number of aliphatic hydroxyl groups excluding tert-OH is 1. The quantitative estimate of drug-likeness (QED) is 0.871. The summed E-state index contributed by atoms with van der Waals surface area (Å²) >= 11 is 0. The minimum Gasteiger partial charge on any atom is -0.392 e. The highest BCUT2D eigenvalue weighted by Gasteiger charge is 2.39. The Morgan fingerprint density at radius 2 is 2.11 bits per heavy atom. The molecule has 100 valence electrons. The summed E-state index contributed by atoms with van der Waals surface area (Å²) in [6, 6.07) is 4.16. The van der Waals surface area contributed by atoms with E-state index in [4.69, 9.17) is 5.73 Å². The summed E-state index contributed by atoms with van der Waals surface area (Å²) in [5, 5.41) is 10.1. The van der Waals surface area contributed by atoms with Crippen molar-refractivity contribution >= 4 is 0 Å². The van der Waals surface area contributed by atoms with Crippen LogP contribution < -0.4 is 5.73 Å². The van der Waals surface area contributed by atoms with Gasteiger partial charge in [-0.3, -0.25) is 0 Å². The molecule has 2 rings (SSSR count). The fourth-order valence-electron chi connectivity index (χ4n) is 2.87. The SMILES string of the molecule is NCC1(Cc2cccc(F)c2F)CCCCC1O. The molecule has 1 fully saturated rings. The maximum Gasteiger partial charge on any atom is 0.162 e. The van der Waals surface area contributed by atoms with Gasteiger partial charge in [0.25, 0.3) is 0 Å². The molecular formula is C14H19F2NO. The van der Waals surface area contributed by atoms with Gasteiger partial charge in [-0.05, 0) is 30.9 Å². The molecule has 0 heterocycles. The lowest BCUT2D eigenvalue weighted by atomic mass is 9.68. The lowest BCUT2D eigenvalue weighted by Gasteiger charge is -2.41. The number of aliphatic hydroxyl groups is 1. The smallest absolute Gasteiger partial charge is 0.162 e. The van der Waals surface area contributed by atoms with Crippen molar-refractivity contribution in [2.45, 2.75) is 38.2 Å². The number of halogens is 2. The van der Waals surface area contributed by atoms with Gasteiger partial charge in [0.2, 0.25) is 0 Å². The van der Waals surface area contributed by atoms with Crippen LogP contribution in [-0.4, -0.2) is 17.8 Å². The molecule has 3 N–H and O–H groups in total. The molecule has 0 spiro atoms. The average Bonchev–Trinajstić information content (AvgIpc) is 2.38. The average molecular weight is 255 g/mol. The van der Waals surface area contributed by atoms with Crippen LogP contribution in [0.4, 0.5) is 8.78 Å². The molecule has 18 heavy (non-hydrogen) atoms. The number of benzene rings is 1. The normalized spacial score (nSPS) is 28.3. The van der Waals surface area contributed by atoms with Crippen LogP contribution in [-0.2, 0) is 6.42 Å². The molecule has 4 heteroatoms.